The second kappa shape index (κ2) is 6.12. The molecule has 1 heterocycles. The second-order valence-electron chi connectivity index (χ2n) is 4.70. The molecule has 0 radical (unpaired) electrons. The number of thioether (sulfide) groups is 1. The Hall–Kier alpha value is -0.820. The van der Waals surface area contributed by atoms with Crippen LogP contribution in [0.3, 0.4) is 0 Å². The number of hydrogen-bond acceptors (Lipinski definition) is 3. The van der Waals surface area contributed by atoms with Crippen LogP contribution < -0.4 is 0 Å². The Labute approximate surface area is 137 Å². The maximum atomic E-state index is 12.8. The van der Waals surface area contributed by atoms with E-state index in [4.69, 9.17) is 0 Å². The van der Waals surface area contributed by atoms with Crippen LogP contribution >= 0.6 is 27.7 Å². The number of hydrogen-bond donors (Lipinski definition) is 0. The van der Waals surface area contributed by atoms with Crippen LogP contribution in [0, 0.1) is 0 Å². The molecule has 1 aliphatic rings. The van der Waals surface area contributed by atoms with Gasteiger partial charge in [0.05, 0.1) is 10.3 Å². The van der Waals surface area contributed by atoms with Crippen molar-refractivity contribution < 1.29 is 8.42 Å². The average molecular weight is 384 g/mol. The van der Waals surface area contributed by atoms with Gasteiger partial charge in [-0.15, -0.1) is 11.8 Å². The summed E-state index contributed by atoms with van der Waals surface area (Å²) in [5.74, 6) is 0.815. The van der Waals surface area contributed by atoms with Crippen molar-refractivity contribution in [1.29, 1.82) is 0 Å². The molecule has 0 saturated carbocycles. The predicted molar refractivity (Wildman–Crippen MR) is 89.7 cm³/mol. The molecule has 1 saturated heterocycles. The lowest BCUT2D eigenvalue weighted by molar-refractivity contribution is 0.434. The predicted octanol–water partition coefficient (Wildman–Crippen LogP) is 3.89. The van der Waals surface area contributed by atoms with Gasteiger partial charge in [-0.2, -0.15) is 4.31 Å². The Morgan fingerprint density at radius 1 is 1.05 bits per heavy atom. The molecule has 1 fully saturated rings. The van der Waals surface area contributed by atoms with Crippen LogP contribution in [-0.4, -0.2) is 25.0 Å². The molecule has 3 rings (SSSR count). The Bertz CT molecular complexity index is 717. The number of benzene rings is 2. The fourth-order valence-electron chi connectivity index (χ4n) is 2.32. The van der Waals surface area contributed by atoms with Gasteiger partial charge in [-0.3, -0.25) is 0 Å². The molecule has 2 aromatic carbocycles. The van der Waals surface area contributed by atoms with E-state index < -0.39 is 10.0 Å². The van der Waals surface area contributed by atoms with E-state index in [-0.39, 0.29) is 5.37 Å². The quantitative estimate of drug-likeness (QED) is 0.806. The normalized spacial score (nSPS) is 19.8. The van der Waals surface area contributed by atoms with Crippen molar-refractivity contribution in [2.75, 3.05) is 12.3 Å². The number of halogens is 1. The van der Waals surface area contributed by atoms with Crippen molar-refractivity contribution in [3.8, 4) is 0 Å². The summed E-state index contributed by atoms with van der Waals surface area (Å²) >= 11 is 5.00. The van der Waals surface area contributed by atoms with Crippen LogP contribution in [0.4, 0.5) is 0 Å². The molecule has 0 aliphatic carbocycles. The van der Waals surface area contributed by atoms with E-state index in [9.17, 15) is 8.42 Å². The molecule has 21 heavy (non-hydrogen) atoms. The molecule has 3 nitrogen and oxygen atoms in total. The van der Waals surface area contributed by atoms with Gasteiger partial charge in [0.15, 0.2) is 0 Å². The zero-order chi connectivity index (χ0) is 14.9. The Kier molecular flexibility index (Phi) is 4.40. The standard InChI is InChI=1S/C15H14BrNO2S2/c16-13-6-8-14(9-7-13)21(18,19)17-10-11-20-15(17)12-4-2-1-3-5-12/h1-9,15H,10-11H2/t15-/m0/s1. The van der Waals surface area contributed by atoms with Crippen LogP contribution in [0.15, 0.2) is 64.0 Å². The summed E-state index contributed by atoms with van der Waals surface area (Å²) in [5.41, 5.74) is 1.03. The average Bonchev–Trinajstić information content (AvgIpc) is 2.99. The maximum absolute atomic E-state index is 12.8. The van der Waals surface area contributed by atoms with Gasteiger partial charge in [0, 0.05) is 16.8 Å². The van der Waals surface area contributed by atoms with Crippen molar-refractivity contribution in [2.45, 2.75) is 10.3 Å². The van der Waals surface area contributed by atoms with Crippen molar-refractivity contribution in [3.05, 3.63) is 64.6 Å². The monoisotopic (exact) mass is 383 g/mol. The lowest BCUT2D eigenvalue weighted by Crippen LogP contribution is -2.30. The van der Waals surface area contributed by atoms with E-state index in [2.05, 4.69) is 15.9 Å². The van der Waals surface area contributed by atoms with Crippen molar-refractivity contribution >= 4 is 37.7 Å². The van der Waals surface area contributed by atoms with E-state index >= 15 is 0 Å². The summed E-state index contributed by atoms with van der Waals surface area (Å²) in [6.45, 7) is 0.544. The van der Waals surface area contributed by atoms with Crippen LogP contribution in [0.1, 0.15) is 10.9 Å². The van der Waals surface area contributed by atoms with Gasteiger partial charge in [-0.1, -0.05) is 46.3 Å². The summed E-state index contributed by atoms with van der Waals surface area (Å²) in [7, 11) is -3.46. The third-order valence-electron chi connectivity index (χ3n) is 3.35. The molecule has 0 N–H and O–H groups in total. The van der Waals surface area contributed by atoms with Crippen LogP contribution in [0.5, 0.6) is 0 Å². The van der Waals surface area contributed by atoms with Gasteiger partial charge < -0.3 is 0 Å². The zero-order valence-electron chi connectivity index (χ0n) is 11.1. The zero-order valence-corrected chi connectivity index (χ0v) is 14.4. The fourth-order valence-corrected chi connectivity index (χ4v) is 5.83. The van der Waals surface area contributed by atoms with E-state index in [1.807, 2.05) is 30.3 Å². The topological polar surface area (TPSA) is 37.4 Å². The molecule has 2 aromatic rings. The number of sulfonamides is 1. The molecule has 0 unspecified atom stereocenters. The molecule has 1 atom stereocenters. The van der Waals surface area contributed by atoms with E-state index in [1.165, 1.54) is 0 Å². The van der Waals surface area contributed by atoms with Gasteiger partial charge in [-0.05, 0) is 29.8 Å². The Morgan fingerprint density at radius 3 is 2.38 bits per heavy atom. The van der Waals surface area contributed by atoms with E-state index in [1.54, 1.807) is 40.3 Å². The Balaban J connectivity index is 1.96. The molecule has 110 valence electrons. The highest BCUT2D eigenvalue weighted by atomic mass is 79.9. The molecule has 0 aromatic heterocycles. The molecule has 0 bridgehead atoms. The highest BCUT2D eigenvalue weighted by Gasteiger charge is 2.36. The first kappa shape index (κ1) is 15.1. The molecule has 6 heteroatoms. The van der Waals surface area contributed by atoms with Gasteiger partial charge in [0.25, 0.3) is 0 Å². The summed E-state index contributed by atoms with van der Waals surface area (Å²) < 4.78 is 28.1. The van der Waals surface area contributed by atoms with E-state index in [0.29, 0.717) is 11.4 Å². The van der Waals surface area contributed by atoms with E-state index in [0.717, 1.165) is 15.8 Å². The summed E-state index contributed by atoms with van der Waals surface area (Å²) in [6, 6.07) is 16.6. The van der Waals surface area contributed by atoms with Crippen LogP contribution in [-0.2, 0) is 10.0 Å². The minimum Gasteiger partial charge on any atom is -0.207 e. The fraction of sp³-hybridized carbons (Fsp3) is 0.200. The third kappa shape index (κ3) is 3.04. The first-order chi connectivity index (χ1) is 10.1. The largest absolute Gasteiger partial charge is 0.244 e. The Morgan fingerprint density at radius 2 is 1.71 bits per heavy atom. The second-order valence-corrected chi connectivity index (χ2v) is 8.70. The highest BCUT2D eigenvalue weighted by molar-refractivity contribution is 9.10. The maximum Gasteiger partial charge on any atom is 0.244 e. The first-order valence-corrected chi connectivity index (χ1v) is 9.81. The number of rotatable bonds is 3. The van der Waals surface area contributed by atoms with Crippen molar-refractivity contribution in [2.24, 2.45) is 0 Å². The third-order valence-corrected chi connectivity index (χ3v) is 7.16. The number of nitrogens with zero attached hydrogens (tertiary/aromatic N) is 1. The summed E-state index contributed by atoms with van der Waals surface area (Å²) in [4.78, 5) is 0.342. The highest BCUT2D eigenvalue weighted by Crippen LogP contribution is 2.41. The van der Waals surface area contributed by atoms with Crippen LogP contribution in [0.2, 0.25) is 0 Å². The van der Waals surface area contributed by atoms with Gasteiger partial charge >= 0.3 is 0 Å². The molecule has 0 amide bonds. The lowest BCUT2D eigenvalue weighted by atomic mass is 10.2. The van der Waals surface area contributed by atoms with Crippen LogP contribution in [0.25, 0.3) is 0 Å². The van der Waals surface area contributed by atoms with Gasteiger partial charge in [-0.25, -0.2) is 8.42 Å². The summed E-state index contributed by atoms with van der Waals surface area (Å²) in [6.07, 6.45) is 0. The lowest BCUT2D eigenvalue weighted by Gasteiger charge is -2.23. The van der Waals surface area contributed by atoms with Crippen molar-refractivity contribution in [3.63, 3.8) is 0 Å². The first-order valence-electron chi connectivity index (χ1n) is 6.53. The molecular formula is C15H14BrNO2S2. The van der Waals surface area contributed by atoms with Crippen molar-refractivity contribution in [1.82, 2.24) is 4.31 Å². The minimum absolute atomic E-state index is 0.139. The smallest absolute Gasteiger partial charge is 0.207 e. The van der Waals surface area contributed by atoms with Gasteiger partial charge in [0.1, 0.15) is 0 Å². The molecule has 1 aliphatic heterocycles. The molecular weight excluding hydrogens is 370 g/mol. The molecule has 0 spiro atoms. The van der Waals surface area contributed by atoms with Gasteiger partial charge in [0.2, 0.25) is 10.0 Å². The SMILES string of the molecule is O=S(=O)(c1ccc(Br)cc1)N1CCS[C@H]1c1ccccc1. The summed E-state index contributed by atoms with van der Waals surface area (Å²) in [5, 5.41) is -0.139. The minimum atomic E-state index is -3.46.